The molecule has 1 aliphatic rings. The number of benzene rings is 1. The first kappa shape index (κ1) is 11.1. The summed E-state index contributed by atoms with van der Waals surface area (Å²) in [5.41, 5.74) is 2.35. The first-order valence-corrected chi connectivity index (χ1v) is 6.01. The molecule has 0 aliphatic carbocycles. The Labute approximate surface area is 96.8 Å². The molecule has 16 heavy (non-hydrogen) atoms. The van der Waals surface area contributed by atoms with Crippen LogP contribution in [0.15, 0.2) is 12.1 Å². The molecule has 0 unspecified atom stereocenters. The van der Waals surface area contributed by atoms with E-state index >= 15 is 0 Å². The Bertz CT molecular complexity index is 363. The van der Waals surface area contributed by atoms with Crippen LogP contribution in [0.5, 0.6) is 11.5 Å². The largest absolute Gasteiger partial charge is 0.453 e. The minimum atomic E-state index is 0.338. The number of fused-ring (bicyclic) bond motifs is 1. The number of nitrogens with one attached hydrogen (secondary N) is 1. The van der Waals surface area contributed by atoms with Crippen molar-refractivity contribution in [1.29, 1.82) is 0 Å². The standard InChI is InChI=1S/C13H19NO2/c1-3-5-6-14-11-7-10(4-2)8-12-13(11)16-9-15-12/h7-8,14H,3-6,9H2,1-2H3. The summed E-state index contributed by atoms with van der Waals surface area (Å²) >= 11 is 0. The van der Waals surface area contributed by atoms with Gasteiger partial charge in [-0.1, -0.05) is 20.3 Å². The fraction of sp³-hybridized carbons (Fsp3) is 0.538. The van der Waals surface area contributed by atoms with Crippen molar-refractivity contribution in [2.75, 3.05) is 18.7 Å². The van der Waals surface area contributed by atoms with Crippen LogP contribution in [0, 0.1) is 0 Å². The molecule has 0 spiro atoms. The maximum absolute atomic E-state index is 5.48. The van der Waals surface area contributed by atoms with Crippen molar-refractivity contribution >= 4 is 5.69 Å². The monoisotopic (exact) mass is 221 g/mol. The molecule has 0 radical (unpaired) electrons. The van der Waals surface area contributed by atoms with Gasteiger partial charge in [0, 0.05) is 6.54 Å². The minimum absolute atomic E-state index is 0.338. The third kappa shape index (κ3) is 2.23. The Kier molecular flexibility index (Phi) is 3.54. The molecule has 1 N–H and O–H groups in total. The molecule has 0 saturated carbocycles. The van der Waals surface area contributed by atoms with Gasteiger partial charge in [-0.25, -0.2) is 0 Å². The maximum Gasteiger partial charge on any atom is 0.231 e. The van der Waals surface area contributed by atoms with Crippen molar-refractivity contribution in [3.05, 3.63) is 17.7 Å². The zero-order valence-corrected chi connectivity index (χ0v) is 10.0. The summed E-state index contributed by atoms with van der Waals surface area (Å²) in [5.74, 6) is 1.74. The molecule has 0 saturated heterocycles. The van der Waals surface area contributed by atoms with Crippen molar-refractivity contribution < 1.29 is 9.47 Å². The van der Waals surface area contributed by atoms with E-state index in [9.17, 15) is 0 Å². The zero-order chi connectivity index (χ0) is 11.4. The van der Waals surface area contributed by atoms with Gasteiger partial charge < -0.3 is 14.8 Å². The molecule has 0 atom stereocenters. The lowest BCUT2D eigenvalue weighted by molar-refractivity contribution is 0.174. The SMILES string of the molecule is CCCCNc1cc(CC)cc2c1OCO2. The topological polar surface area (TPSA) is 30.5 Å². The summed E-state index contributed by atoms with van der Waals surface area (Å²) in [7, 11) is 0. The highest BCUT2D eigenvalue weighted by Gasteiger charge is 2.18. The molecular formula is C13H19NO2. The van der Waals surface area contributed by atoms with Crippen molar-refractivity contribution in [1.82, 2.24) is 0 Å². The van der Waals surface area contributed by atoms with Crippen LogP contribution in [0.2, 0.25) is 0 Å². The lowest BCUT2D eigenvalue weighted by Crippen LogP contribution is -2.02. The van der Waals surface area contributed by atoms with Crippen LogP contribution in [0.4, 0.5) is 5.69 Å². The highest BCUT2D eigenvalue weighted by Crippen LogP contribution is 2.40. The summed E-state index contributed by atoms with van der Waals surface area (Å²) < 4.78 is 10.9. The van der Waals surface area contributed by atoms with E-state index in [1.807, 2.05) is 0 Å². The second kappa shape index (κ2) is 5.10. The number of aryl methyl sites for hydroxylation is 1. The van der Waals surface area contributed by atoms with Gasteiger partial charge in [0.2, 0.25) is 6.79 Å². The van der Waals surface area contributed by atoms with Crippen LogP contribution >= 0.6 is 0 Å². The van der Waals surface area contributed by atoms with Gasteiger partial charge >= 0.3 is 0 Å². The molecular weight excluding hydrogens is 202 g/mol. The van der Waals surface area contributed by atoms with E-state index in [0.29, 0.717) is 6.79 Å². The van der Waals surface area contributed by atoms with Gasteiger partial charge in [0.15, 0.2) is 11.5 Å². The van der Waals surface area contributed by atoms with Crippen LogP contribution in [0.3, 0.4) is 0 Å². The van der Waals surface area contributed by atoms with E-state index in [-0.39, 0.29) is 0 Å². The van der Waals surface area contributed by atoms with Gasteiger partial charge in [-0.2, -0.15) is 0 Å². The quantitative estimate of drug-likeness (QED) is 0.774. The molecule has 2 rings (SSSR count). The second-order valence-electron chi connectivity index (χ2n) is 4.01. The molecule has 1 aromatic carbocycles. The number of unbranched alkanes of at least 4 members (excludes halogenated alkanes) is 1. The van der Waals surface area contributed by atoms with E-state index in [1.165, 1.54) is 18.4 Å². The Balaban J connectivity index is 2.18. The summed E-state index contributed by atoms with van der Waals surface area (Å²) in [6.07, 6.45) is 3.38. The summed E-state index contributed by atoms with van der Waals surface area (Å²) in [6.45, 7) is 5.66. The van der Waals surface area contributed by atoms with Crippen molar-refractivity contribution in [3.8, 4) is 11.5 Å². The molecule has 0 amide bonds. The predicted molar refractivity (Wildman–Crippen MR) is 65.3 cm³/mol. The Morgan fingerprint density at radius 3 is 2.88 bits per heavy atom. The normalized spacial score (nSPS) is 12.9. The van der Waals surface area contributed by atoms with E-state index in [0.717, 1.165) is 30.2 Å². The lowest BCUT2D eigenvalue weighted by Gasteiger charge is -2.10. The molecule has 0 bridgehead atoms. The van der Waals surface area contributed by atoms with Crippen LogP contribution in [0.25, 0.3) is 0 Å². The van der Waals surface area contributed by atoms with Gasteiger partial charge in [0.1, 0.15) is 0 Å². The number of hydrogen-bond donors (Lipinski definition) is 1. The Hall–Kier alpha value is -1.38. The van der Waals surface area contributed by atoms with Crippen LogP contribution in [-0.2, 0) is 6.42 Å². The first-order chi connectivity index (χ1) is 7.85. The van der Waals surface area contributed by atoms with Gasteiger partial charge in [0.05, 0.1) is 5.69 Å². The first-order valence-electron chi connectivity index (χ1n) is 6.01. The molecule has 0 aromatic heterocycles. The molecule has 1 aliphatic heterocycles. The zero-order valence-electron chi connectivity index (χ0n) is 10.0. The highest BCUT2D eigenvalue weighted by atomic mass is 16.7. The number of anilines is 1. The van der Waals surface area contributed by atoms with Gasteiger partial charge in [-0.15, -0.1) is 0 Å². The smallest absolute Gasteiger partial charge is 0.231 e. The average Bonchev–Trinajstić information content (AvgIpc) is 2.77. The minimum Gasteiger partial charge on any atom is -0.453 e. The number of ether oxygens (including phenoxy) is 2. The Morgan fingerprint density at radius 1 is 1.25 bits per heavy atom. The van der Waals surface area contributed by atoms with E-state index < -0.39 is 0 Å². The van der Waals surface area contributed by atoms with Gasteiger partial charge in [0.25, 0.3) is 0 Å². The third-order valence-electron chi connectivity index (χ3n) is 2.79. The van der Waals surface area contributed by atoms with Crippen LogP contribution in [0.1, 0.15) is 32.3 Å². The van der Waals surface area contributed by atoms with Crippen molar-refractivity contribution in [2.24, 2.45) is 0 Å². The van der Waals surface area contributed by atoms with Crippen molar-refractivity contribution in [3.63, 3.8) is 0 Å². The van der Waals surface area contributed by atoms with E-state index in [1.54, 1.807) is 0 Å². The number of rotatable bonds is 5. The van der Waals surface area contributed by atoms with Crippen molar-refractivity contribution in [2.45, 2.75) is 33.1 Å². The molecule has 1 heterocycles. The van der Waals surface area contributed by atoms with E-state index in [2.05, 4.69) is 31.3 Å². The summed E-state index contributed by atoms with van der Waals surface area (Å²) in [4.78, 5) is 0. The number of hydrogen-bond acceptors (Lipinski definition) is 3. The molecule has 1 aromatic rings. The van der Waals surface area contributed by atoms with E-state index in [4.69, 9.17) is 9.47 Å². The fourth-order valence-corrected chi connectivity index (χ4v) is 1.80. The maximum atomic E-state index is 5.48. The highest BCUT2D eigenvalue weighted by molar-refractivity contribution is 5.66. The molecule has 0 fully saturated rings. The molecule has 3 heteroatoms. The molecule has 3 nitrogen and oxygen atoms in total. The van der Waals surface area contributed by atoms with Crippen LogP contribution in [-0.4, -0.2) is 13.3 Å². The second-order valence-corrected chi connectivity index (χ2v) is 4.01. The van der Waals surface area contributed by atoms with Gasteiger partial charge in [-0.3, -0.25) is 0 Å². The summed E-state index contributed by atoms with van der Waals surface area (Å²) in [5, 5.41) is 3.42. The third-order valence-corrected chi connectivity index (χ3v) is 2.79. The Morgan fingerprint density at radius 2 is 2.12 bits per heavy atom. The average molecular weight is 221 g/mol. The lowest BCUT2D eigenvalue weighted by atomic mass is 10.1. The fourth-order valence-electron chi connectivity index (χ4n) is 1.80. The molecule has 88 valence electrons. The van der Waals surface area contributed by atoms with Gasteiger partial charge in [-0.05, 0) is 30.5 Å². The predicted octanol–water partition coefficient (Wildman–Crippen LogP) is 3.19. The van der Waals surface area contributed by atoms with Crippen LogP contribution < -0.4 is 14.8 Å². The summed E-state index contributed by atoms with van der Waals surface area (Å²) in [6, 6.07) is 4.22.